The Bertz CT molecular complexity index is 427. The van der Waals surface area contributed by atoms with Crippen molar-refractivity contribution in [1.29, 1.82) is 0 Å². The molecule has 0 radical (unpaired) electrons. The fourth-order valence-electron chi connectivity index (χ4n) is 3.22. The smallest absolute Gasteiger partial charge is 0.0738 e. The first kappa shape index (κ1) is 14.1. The van der Waals surface area contributed by atoms with Crippen LogP contribution in [0.3, 0.4) is 0 Å². The molecular formula is C14H24BrN3. The summed E-state index contributed by atoms with van der Waals surface area (Å²) in [5.41, 5.74) is 2.85. The summed E-state index contributed by atoms with van der Waals surface area (Å²) >= 11 is 3.68. The van der Waals surface area contributed by atoms with Gasteiger partial charge >= 0.3 is 0 Å². The predicted molar refractivity (Wildman–Crippen MR) is 78.8 cm³/mol. The van der Waals surface area contributed by atoms with Crippen LogP contribution in [0.5, 0.6) is 0 Å². The molecular weight excluding hydrogens is 290 g/mol. The number of rotatable bonds is 4. The van der Waals surface area contributed by atoms with Crippen molar-refractivity contribution in [2.75, 3.05) is 6.54 Å². The first-order valence-electron chi connectivity index (χ1n) is 6.86. The van der Waals surface area contributed by atoms with Gasteiger partial charge < -0.3 is 5.32 Å². The molecule has 4 heteroatoms. The van der Waals surface area contributed by atoms with E-state index in [1.165, 1.54) is 29.4 Å². The number of aryl methyl sites for hydroxylation is 2. The first-order valence-corrected chi connectivity index (χ1v) is 7.66. The summed E-state index contributed by atoms with van der Waals surface area (Å²) in [5.74, 6) is 0. The summed E-state index contributed by atoms with van der Waals surface area (Å²) in [7, 11) is 2.05. The Balaban J connectivity index is 2.09. The average Bonchev–Trinajstić information content (AvgIpc) is 2.77. The zero-order chi connectivity index (χ0) is 13.3. The molecule has 0 spiro atoms. The van der Waals surface area contributed by atoms with Gasteiger partial charge in [0, 0.05) is 13.1 Å². The van der Waals surface area contributed by atoms with Gasteiger partial charge in [0.2, 0.25) is 0 Å². The maximum absolute atomic E-state index is 4.49. The van der Waals surface area contributed by atoms with E-state index >= 15 is 0 Å². The summed E-state index contributed by atoms with van der Waals surface area (Å²) in [6, 6.07) is 0.702. The van der Waals surface area contributed by atoms with E-state index in [4.69, 9.17) is 0 Å². The molecule has 102 valence electrons. The molecule has 0 saturated heterocycles. The standard InChI is InChI=1S/C14H24BrN3/c1-5-16-11-6-7-14(3,8-11)9-12-13(15)10(2)17-18(12)4/h11,16H,5-9H2,1-4H3. The highest BCUT2D eigenvalue weighted by atomic mass is 79.9. The molecule has 1 aromatic heterocycles. The largest absolute Gasteiger partial charge is 0.314 e. The second-order valence-corrected chi connectivity index (χ2v) is 6.75. The summed E-state index contributed by atoms with van der Waals surface area (Å²) in [4.78, 5) is 0. The third-order valence-electron chi connectivity index (χ3n) is 4.18. The van der Waals surface area contributed by atoms with Gasteiger partial charge in [-0.25, -0.2) is 0 Å². The Hall–Kier alpha value is -0.350. The molecule has 3 nitrogen and oxygen atoms in total. The van der Waals surface area contributed by atoms with Crippen LogP contribution in [-0.2, 0) is 13.5 Å². The predicted octanol–water partition coefficient (Wildman–Crippen LogP) is 3.20. The number of hydrogen-bond donors (Lipinski definition) is 1. The molecule has 1 N–H and O–H groups in total. The first-order chi connectivity index (χ1) is 8.45. The molecule has 2 unspecified atom stereocenters. The highest BCUT2D eigenvalue weighted by Crippen LogP contribution is 2.41. The molecule has 1 heterocycles. The summed E-state index contributed by atoms with van der Waals surface area (Å²) in [5, 5.41) is 8.08. The van der Waals surface area contributed by atoms with Crippen LogP contribution in [0.15, 0.2) is 4.47 Å². The van der Waals surface area contributed by atoms with Crippen molar-refractivity contribution < 1.29 is 0 Å². The number of aromatic nitrogens is 2. The lowest BCUT2D eigenvalue weighted by Crippen LogP contribution is -2.28. The Morgan fingerprint density at radius 2 is 2.28 bits per heavy atom. The number of hydrogen-bond acceptors (Lipinski definition) is 2. The highest BCUT2D eigenvalue weighted by Gasteiger charge is 2.36. The van der Waals surface area contributed by atoms with Crippen molar-refractivity contribution in [3.05, 3.63) is 15.9 Å². The normalized spacial score (nSPS) is 27.9. The molecule has 1 aliphatic rings. The molecule has 2 rings (SSSR count). The third kappa shape index (κ3) is 2.80. The van der Waals surface area contributed by atoms with Crippen molar-refractivity contribution in [3.8, 4) is 0 Å². The van der Waals surface area contributed by atoms with Crippen LogP contribution in [0, 0.1) is 12.3 Å². The van der Waals surface area contributed by atoms with Gasteiger partial charge in [0.1, 0.15) is 0 Å². The molecule has 1 fully saturated rings. The molecule has 1 aliphatic carbocycles. The van der Waals surface area contributed by atoms with E-state index < -0.39 is 0 Å². The Kier molecular flexibility index (Phi) is 4.17. The van der Waals surface area contributed by atoms with Crippen LogP contribution < -0.4 is 5.32 Å². The minimum absolute atomic E-state index is 0.412. The van der Waals surface area contributed by atoms with Crippen molar-refractivity contribution in [3.63, 3.8) is 0 Å². The van der Waals surface area contributed by atoms with Crippen LogP contribution >= 0.6 is 15.9 Å². The molecule has 18 heavy (non-hydrogen) atoms. The van der Waals surface area contributed by atoms with Crippen molar-refractivity contribution in [2.24, 2.45) is 12.5 Å². The van der Waals surface area contributed by atoms with E-state index in [1.807, 2.05) is 11.7 Å². The van der Waals surface area contributed by atoms with Gasteiger partial charge in [-0.1, -0.05) is 13.8 Å². The number of nitrogens with one attached hydrogen (secondary N) is 1. The van der Waals surface area contributed by atoms with E-state index in [1.54, 1.807) is 0 Å². The molecule has 0 aromatic carbocycles. The SMILES string of the molecule is CCNC1CCC(C)(Cc2c(Br)c(C)nn2C)C1. The van der Waals surface area contributed by atoms with Crippen molar-refractivity contribution >= 4 is 15.9 Å². The lowest BCUT2D eigenvalue weighted by molar-refractivity contribution is 0.314. The Morgan fingerprint density at radius 3 is 2.83 bits per heavy atom. The van der Waals surface area contributed by atoms with Gasteiger partial charge in [0.05, 0.1) is 15.9 Å². The van der Waals surface area contributed by atoms with Gasteiger partial charge in [0.15, 0.2) is 0 Å². The minimum atomic E-state index is 0.412. The number of nitrogens with zero attached hydrogens (tertiary/aromatic N) is 2. The average molecular weight is 314 g/mol. The summed E-state index contributed by atoms with van der Waals surface area (Å²) in [6.07, 6.45) is 5.00. The molecule has 1 aromatic rings. The zero-order valence-electron chi connectivity index (χ0n) is 11.9. The zero-order valence-corrected chi connectivity index (χ0v) is 13.5. The van der Waals surface area contributed by atoms with Crippen LogP contribution in [0.1, 0.15) is 44.5 Å². The fraction of sp³-hybridized carbons (Fsp3) is 0.786. The summed E-state index contributed by atoms with van der Waals surface area (Å²) < 4.78 is 3.23. The fourth-order valence-corrected chi connectivity index (χ4v) is 3.70. The van der Waals surface area contributed by atoms with Crippen LogP contribution in [0.4, 0.5) is 0 Å². The van der Waals surface area contributed by atoms with Crippen LogP contribution in [0.2, 0.25) is 0 Å². The molecule has 0 aliphatic heterocycles. The van der Waals surface area contributed by atoms with E-state index in [2.05, 4.69) is 47.1 Å². The summed E-state index contributed by atoms with van der Waals surface area (Å²) in [6.45, 7) is 7.75. The third-order valence-corrected chi connectivity index (χ3v) is 5.22. The molecule has 0 amide bonds. The topological polar surface area (TPSA) is 29.9 Å². The number of halogens is 1. The second-order valence-electron chi connectivity index (χ2n) is 5.95. The molecule has 1 saturated carbocycles. The van der Waals surface area contributed by atoms with Crippen LogP contribution in [-0.4, -0.2) is 22.4 Å². The molecule has 2 atom stereocenters. The van der Waals surface area contributed by atoms with Crippen molar-refractivity contribution in [2.45, 2.75) is 52.5 Å². The van der Waals surface area contributed by atoms with Gasteiger partial charge in [0.25, 0.3) is 0 Å². The minimum Gasteiger partial charge on any atom is -0.314 e. The van der Waals surface area contributed by atoms with Crippen molar-refractivity contribution in [1.82, 2.24) is 15.1 Å². The Labute approximate surface area is 118 Å². The maximum atomic E-state index is 4.49. The van der Waals surface area contributed by atoms with E-state index in [0.29, 0.717) is 11.5 Å². The molecule has 0 bridgehead atoms. The van der Waals surface area contributed by atoms with E-state index in [0.717, 1.165) is 18.7 Å². The Morgan fingerprint density at radius 1 is 1.56 bits per heavy atom. The van der Waals surface area contributed by atoms with E-state index in [9.17, 15) is 0 Å². The monoisotopic (exact) mass is 313 g/mol. The van der Waals surface area contributed by atoms with Gasteiger partial charge in [-0.05, 0) is 60.5 Å². The second kappa shape index (κ2) is 5.33. The highest BCUT2D eigenvalue weighted by molar-refractivity contribution is 9.10. The van der Waals surface area contributed by atoms with Crippen LogP contribution in [0.25, 0.3) is 0 Å². The quantitative estimate of drug-likeness (QED) is 0.925. The lowest BCUT2D eigenvalue weighted by Gasteiger charge is -2.24. The van der Waals surface area contributed by atoms with Gasteiger partial charge in [-0.15, -0.1) is 0 Å². The van der Waals surface area contributed by atoms with E-state index in [-0.39, 0.29) is 0 Å². The van der Waals surface area contributed by atoms with Gasteiger partial charge in [-0.3, -0.25) is 4.68 Å². The maximum Gasteiger partial charge on any atom is 0.0738 e. The van der Waals surface area contributed by atoms with Gasteiger partial charge in [-0.2, -0.15) is 5.10 Å². The lowest BCUT2D eigenvalue weighted by atomic mass is 9.83.